The maximum absolute atomic E-state index is 13.6. The quantitative estimate of drug-likeness (QED) is 0.309. The molecule has 38 heavy (non-hydrogen) atoms. The molecule has 1 aromatic heterocycles. The molecular weight excluding hydrogens is 483 g/mol. The van der Waals surface area contributed by atoms with Gasteiger partial charge in [-0.15, -0.1) is 0 Å². The third-order valence-corrected chi connectivity index (χ3v) is 5.95. The van der Waals surface area contributed by atoms with Crippen LogP contribution >= 0.6 is 0 Å². The monoisotopic (exact) mass is 514 g/mol. The van der Waals surface area contributed by atoms with E-state index >= 15 is 0 Å². The number of methoxy groups -OCH3 is 1. The molecule has 0 bridgehead atoms. The number of hydrogen-bond donors (Lipinski definition) is 1. The average Bonchev–Trinajstić information content (AvgIpc) is 3.32. The van der Waals surface area contributed by atoms with E-state index in [9.17, 15) is 14.0 Å². The number of aryl methyl sites for hydroxylation is 1. The molecule has 0 aliphatic carbocycles. The third-order valence-electron chi connectivity index (χ3n) is 5.95. The minimum Gasteiger partial charge on any atom is -0.497 e. The van der Waals surface area contributed by atoms with E-state index in [4.69, 9.17) is 4.74 Å². The maximum atomic E-state index is 13.6. The SMILES string of the molecule is COc1ccc(-c2cn(-c3ccc(F)cc3)c(NC(=O)CN(CC(C)C)C(=O)c3ccc(C)cc3)n2)cc1. The van der Waals surface area contributed by atoms with Gasteiger partial charge >= 0.3 is 0 Å². The summed E-state index contributed by atoms with van der Waals surface area (Å²) in [5.41, 5.74) is 3.64. The predicted molar refractivity (Wildman–Crippen MR) is 146 cm³/mol. The first-order valence-electron chi connectivity index (χ1n) is 12.4. The van der Waals surface area contributed by atoms with E-state index < -0.39 is 0 Å². The van der Waals surface area contributed by atoms with Crippen LogP contribution in [0.2, 0.25) is 0 Å². The molecule has 0 fully saturated rings. The van der Waals surface area contributed by atoms with Crippen LogP contribution in [0.1, 0.15) is 29.8 Å². The lowest BCUT2D eigenvalue weighted by atomic mass is 10.1. The fraction of sp³-hybridized carbons (Fsp3) is 0.233. The van der Waals surface area contributed by atoms with E-state index in [1.165, 1.54) is 12.1 Å². The lowest BCUT2D eigenvalue weighted by Gasteiger charge is -2.24. The topological polar surface area (TPSA) is 76.5 Å². The average molecular weight is 515 g/mol. The normalized spacial score (nSPS) is 10.9. The largest absolute Gasteiger partial charge is 0.497 e. The minimum absolute atomic E-state index is 0.140. The molecule has 3 aromatic carbocycles. The van der Waals surface area contributed by atoms with Gasteiger partial charge in [-0.25, -0.2) is 9.37 Å². The highest BCUT2D eigenvalue weighted by atomic mass is 19.1. The second kappa shape index (κ2) is 11.7. The Morgan fingerprint density at radius 3 is 2.26 bits per heavy atom. The highest BCUT2D eigenvalue weighted by Crippen LogP contribution is 2.26. The minimum atomic E-state index is -0.388. The number of rotatable bonds is 9. The number of benzene rings is 3. The molecule has 0 saturated carbocycles. The number of carbonyl (C=O) groups excluding carboxylic acids is 2. The molecule has 1 heterocycles. The number of nitrogens with zero attached hydrogens (tertiary/aromatic N) is 3. The molecule has 0 spiro atoms. The number of imidazole rings is 1. The van der Waals surface area contributed by atoms with Crippen molar-refractivity contribution in [2.24, 2.45) is 5.92 Å². The molecule has 0 atom stereocenters. The molecule has 2 amide bonds. The van der Waals surface area contributed by atoms with Gasteiger partial charge in [-0.1, -0.05) is 31.5 Å². The van der Waals surface area contributed by atoms with Crippen molar-refractivity contribution in [3.05, 3.63) is 95.9 Å². The fourth-order valence-electron chi connectivity index (χ4n) is 4.04. The Morgan fingerprint density at radius 2 is 1.66 bits per heavy atom. The summed E-state index contributed by atoms with van der Waals surface area (Å²) in [4.78, 5) is 32.6. The molecule has 1 N–H and O–H groups in total. The maximum Gasteiger partial charge on any atom is 0.254 e. The van der Waals surface area contributed by atoms with Crippen LogP contribution in [0.5, 0.6) is 5.75 Å². The van der Waals surface area contributed by atoms with Crippen LogP contribution in [0.4, 0.5) is 10.3 Å². The molecule has 0 aliphatic heterocycles. The number of halogens is 1. The molecule has 7 nitrogen and oxygen atoms in total. The summed E-state index contributed by atoms with van der Waals surface area (Å²) in [6.45, 7) is 6.23. The molecule has 4 rings (SSSR count). The second-order valence-corrected chi connectivity index (χ2v) is 9.52. The highest BCUT2D eigenvalue weighted by Gasteiger charge is 2.22. The number of anilines is 1. The van der Waals surface area contributed by atoms with Gasteiger partial charge in [-0.3, -0.25) is 19.5 Å². The third kappa shape index (κ3) is 6.45. The standard InChI is InChI=1S/C30H31FN4O3/c1-20(2)17-34(29(37)23-7-5-21(3)6-8-23)19-28(36)33-30-32-27(22-9-15-26(38-4)16-10-22)18-35(30)25-13-11-24(31)12-14-25/h5-16,18,20H,17,19H2,1-4H3,(H,32,33,36). The lowest BCUT2D eigenvalue weighted by molar-refractivity contribution is -0.117. The van der Waals surface area contributed by atoms with Crippen LogP contribution < -0.4 is 10.1 Å². The van der Waals surface area contributed by atoms with Crippen molar-refractivity contribution in [3.8, 4) is 22.7 Å². The Morgan fingerprint density at radius 1 is 1.00 bits per heavy atom. The van der Waals surface area contributed by atoms with Gasteiger partial charge in [0.2, 0.25) is 11.9 Å². The van der Waals surface area contributed by atoms with Crippen molar-refractivity contribution in [2.75, 3.05) is 25.5 Å². The number of nitrogens with one attached hydrogen (secondary N) is 1. The first-order chi connectivity index (χ1) is 18.2. The summed E-state index contributed by atoms with van der Waals surface area (Å²) in [5, 5.41) is 2.86. The van der Waals surface area contributed by atoms with Crippen molar-refractivity contribution in [3.63, 3.8) is 0 Å². The zero-order valence-corrected chi connectivity index (χ0v) is 21.9. The number of hydrogen-bond acceptors (Lipinski definition) is 4. The summed E-state index contributed by atoms with van der Waals surface area (Å²) in [5.74, 6) is 0.174. The summed E-state index contributed by atoms with van der Waals surface area (Å²) < 4.78 is 20.5. The molecule has 0 radical (unpaired) electrons. The van der Waals surface area contributed by atoms with Gasteiger partial charge in [0.1, 0.15) is 18.1 Å². The first-order valence-corrected chi connectivity index (χ1v) is 12.4. The van der Waals surface area contributed by atoms with Gasteiger partial charge < -0.3 is 9.64 Å². The summed E-state index contributed by atoms with van der Waals surface area (Å²) >= 11 is 0. The van der Waals surface area contributed by atoms with E-state index in [1.807, 2.05) is 57.2 Å². The number of amides is 2. The van der Waals surface area contributed by atoms with Gasteiger partial charge in [0, 0.05) is 29.6 Å². The van der Waals surface area contributed by atoms with Gasteiger partial charge in [-0.05, 0) is 73.5 Å². The first kappa shape index (κ1) is 26.6. The molecular formula is C30H31FN4O3. The van der Waals surface area contributed by atoms with Crippen LogP contribution in [0.15, 0.2) is 79.0 Å². The Balaban J connectivity index is 1.61. The van der Waals surface area contributed by atoms with Crippen LogP contribution in [0.3, 0.4) is 0 Å². The van der Waals surface area contributed by atoms with E-state index in [0.29, 0.717) is 29.2 Å². The Bertz CT molecular complexity index is 1400. The smallest absolute Gasteiger partial charge is 0.254 e. The van der Waals surface area contributed by atoms with Gasteiger partial charge in [0.05, 0.1) is 12.8 Å². The van der Waals surface area contributed by atoms with E-state index in [-0.39, 0.29) is 36.0 Å². The number of carbonyl (C=O) groups is 2. The number of aromatic nitrogens is 2. The van der Waals surface area contributed by atoms with Crippen LogP contribution in [-0.4, -0.2) is 46.5 Å². The fourth-order valence-corrected chi connectivity index (χ4v) is 4.04. The summed E-state index contributed by atoms with van der Waals surface area (Å²) in [6.07, 6.45) is 1.77. The molecule has 0 saturated heterocycles. The van der Waals surface area contributed by atoms with Crippen molar-refractivity contribution in [1.29, 1.82) is 0 Å². The van der Waals surface area contributed by atoms with Gasteiger partial charge in [-0.2, -0.15) is 0 Å². The number of ether oxygens (including phenoxy) is 1. The van der Waals surface area contributed by atoms with Gasteiger partial charge in [0.15, 0.2) is 0 Å². The Kier molecular flexibility index (Phi) is 8.21. The van der Waals surface area contributed by atoms with Gasteiger partial charge in [0.25, 0.3) is 5.91 Å². The second-order valence-electron chi connectivity index (χ2n) is 9.52. The zero-order chi connectivity index (χ0) is 27.2. The van der Waals surface area contributed by atoms with Crippen LogP contribution in [0.25, 0.3) is 16.9 Å². The highest BCUT2D eigenvalue weighted by molar-refractivity contribution is 5.99. The summed E-state index contributed by atoms with van der Waals surface area (Å²) in [7, 11) is 1.60. The van der Waals surface area contributed by atoms with Crippen molar-refractivity contribution < 1.29 is 18.7 Å². The molecule has 0 unspecified atom stereocenters. The molecule has 0 aliphatic rings. The Hall–Kier alpha value is -4.46. The Labute approximate surface area is 221 Å². The van der Waals surface area contributed by atoms with Crippen molar-refractivity contribution in [2.45, 2.75) is 20.8 Å². The predicted octanol–water partition coefficient (Wildman–Crippen LogP) is 5.73. The molecule has 4 aromatic rings. The van der Waals surface area contributed by atoms with E-state index in [1.54, 1.807) is 47.0 Å². The molecule has 196 valence electrons. The van der Waals surface area contributed by atoms with Crippen molar-refractivity contribution in [1.82, 2.24) is 14.5 Å². The zero-order valence-electron chi connectivity index (χ0n) is 21.9. The van der Waals surface area contributed by atoms with Crippen molar-refractivity contribution >= 4 is 17.8 Å². The van der Waals surface area contributed by atoms with E-state index in [0.717, 1.165) is 11.1 Å². The molecule has 8 heteroatoms. The summed E-state index contributed by atoms with van der Waals surface area (Å²) in [6, 6.07) is 20.6. The van der Waals surface area contributed by atoms with Crippen LogP contribution in [0, 0.1) is 18.7 Å². The van der Waals surface area contributed by atoms with E-state index in [2.05, 4.69) is 10.3 Å². The van der Waals surface area contributed by atoms with Crippen LogP contribution in [-0.2, 0) is 4.79 Å². The lowest BCUT2D eigenvalue weighted by Crippen LogP contribution is -2.40.